The number of aromatic nitrogens is 2. The third-order valence-corrected chi connectivity index (χ3v) is 4.22. The highest BCUT2D eigenvalue weighted by atomic mass is 35.5. The van der Waals surface area contributed by atoms with E-state index in [4.69, 9.17) is 21.2 Å². The van der Waals surface area contributed by atoms with Crippen LogP contribution in [0.3, 0.4) is 0 Å². The van der Waals surface area contributed by atoms with Gasteiger partial charge in [-0.3, -0.25) is 4.68 Å². The van der Waals surface area contributed by atoms with Gasteiger partial charge in [0.25, 0.3) is 0 Å². The summed E-state index contributed by atoms with van der Waals surface area (Å²) >= 11 is 6.28. The van der Waals surface area contributed by atoms with Crippen LogP contribution in [0.2, 0.25) is 5.02 Å². The molecule has 0 aliphatic heterocycles. The minimum atomic E-state index is -5.01. The maximum atomic E-state index is 12.8. The second kappa shape index (κ2) is 10.5. The van der Waals surface area contributed by atoms with E-state index >= 15 is 0 Å². The first-order valence-corrected chi connectivity index (χ1v) is 8.94. The Hall–Kier alpha value is -2.52. The minimum Gasteiger partial charge on any atom is -0.405 e. The van der Waals surface area contributed by atoms with Crippen LogP contribution in [0.15, 0.2) is 18.2 Å². The number of nitrogens with zero attached hydrogens (tertiary/aromatic N) is 2. The van der Waals surface area contributed by atoms with Crippen LogP contribution >= 0.6 is 11.6 Å². The third-order valence-electron chi connectivity index (χ3n) is 3.82. The van der Waals surface area contributed by atoms with E-state index in [0.717, 1.165) is 6.07 Å². The summed E-state index contributed by atoms with van der Waals surface area (Å²) in [6, 6.07) is 3.57. The van der Waals surface area contributed by atoms with Crippen LogP contribution < -0.4 is 4.74 Å². The largest absolute Gasteiger partial charge is 0.573 e. The summed E-state index contributed by atoms with van der Waals surface area (Å²) in [4.78, 5) is 16.2. The molecular weight excluding hydrogens is 442 g/mol. The van der Waals surface area contributed by atoms with Crippen molar-refractivity contribution in [3.63, 3.8) is 0 Å². The van der Waals surface area contributed by atoms with Crippen molar-refractivity contribution in [3.8, 4) is 17.0 Å². The zero-order chi connectivity index (χ0) is 23.1. The van der Waals surface area contributed by atoms with Crippen LogP contribution in [-0.4, -0.2) is 28.5 Å². The maximum Gasteiger partial charge on any atom is 0.573 e. The van der Waals surface area contributed by atoms with Gasteiger partial charge in [0, 0.05) is 18.5 Å². The maximum absolute atomic E-state index is 12.8. The molecule has 30 heavy (non-hydrogen) atoms. The fourth-order valence-electron chi connectivity index (χ4n) is 2.61. The fourth-order valence-corrected chi connectivity index (χ4v) is 2.99. The molecule has 0 saturated heterocycles. The molecule has 2 aromatic rings. The van der Waals surface area contributed by atoms with Crippen molar-refractivity contribution in [2.24, 2.45) is 0 Å². The molecule has 0 bridgehead atoms. The summed E-state index contributed by atoms with van der Waals surface area (Å²) < 4.78 is 81.3. The van der Waals surface area contributed by atoms with Gasteiger partial charge < -0.3 is 4.74 Å². The van der Waals surface area contributed by atoms with E-state index in [-0.39, 0.29) is 28.0 Å². The highest BCUT2D eigenvalue weighted by molar-refractivity contribution is 6.33. The standard InChI is InChI=1S/C17H17ClF6N2O.CO2/c1-3-12-14(18)15(26(4-2)25-12)11-6-5-10(7-8-16(19,20)21)9-13(11)27-17(22,23)24;2-1-3/h5-6,9H,3-4,7-8H2,1-2H3;. The number of benzene rings is 1. The van der Waals surface area contributed by atoms with Gasteiger partial charge in [0.1, 0.15) is 5.75 Å². The van der Waals surface area contributed by atoms with E-state index in [1.807, 2.05) is 0 Å². The van der Waals surface area contributed by atoms with Crippen molar-refractivity contribution in [2.45, 2.75) is 52.2 Å². The summed E-state index contributed by atoms with van der Waals surface area (Å²) in [5, 5.41) is 4.44. The Balaban J connectivity index is 0.00000141. The van der Waals surface area contributed by atoms with Crippen LogP contribution in [0.1, 0.15) is 31.5 Å². The predicted molar refractivity (Wildman–Crippen MR) is 93.8 cm³/mol. The van der Waals surface area contributed by atoms with Crippen LogP contribution in [0.5, 0.6) is 5.75 Å². The van der Waals surface area contributed by atoms with Crippen molar-refractivity contribution >= 4 is 17.8 Å². The van der Waals surface area contributed by atoms with Gasteiger partial charge in [-0.2, -0.15) is 27.9 Å². The molecule has 0 unspecified atom stereocenters. The van der Waals surface area contributed by atoms with Crippen molar-refractivity contribution in [1.29, 1.82) is 0 Å². The van der Waals surface area contributed by atoms with Crippen LogP contribution in [-0.2, 0) is 29.0 Å². The number of aryl methyl sites for hydroxylation is 3. The second-order valence-corrected chi connectivity index (χ2v) is 6.23. The average Bonchev–Trinajstić information content (AvgIpc) is 2.94. The molecular formula is C18H17ClF6N2O3. The number of rotatable bonds is 6. The molecule has 2 rings (SSSR count). The van der Waals surface area contributed by atoms with E-state index in [2.05, 4.69) is 9.84 Å². The number of alkyl halides is 6. The predicted octanol–water partition coefficient (Wildman–Crippen LogP) is 5.60. The Morgan fingerprint density at radius 2 is 1.73 bits per heavy atom. The number of halogens is 7. The van der Waals surface area contributed by atoms with Gasteiger partial charge in [-0.1, -0.05) is 24.6 Å². The lowest BCUT2D eigenvalue weighted by molar-refractivity contribution is -0.274. The monoisotopic (exact) mass is 458 g/mol. The van der Waals surface area contributed by atoms with Crippen LogP contribution in [0.25, 0.3) is 11.3 Å². The highest BCUT2D eigenvalue weighted by Crippen LogP contribution is 2.40. The SMILES string of the molecule is CCc1nn(CC)c(-c2ccc(CCC(F)(F)F)cc2OC(F)(F)F)c1Cl.O=C=O. The Labute approximate surface area is 172 Å². The Morgan fingerprint density at radius 1 is 1.13 bits per heavy atom. The van der Waals surface area contributed by atoms with E-state index in [9.17, 15) is 26.3 Å². The van der Waals surface area contributed by atoms with E-state index in [1.165, 1.54) is 16.8 Å². The number of hydrogen-bond acceptors (Lipinski definition) is 4. The van der Waals surface area contributed by atoms with E-state index < -0.39 is 31.1 Å². The number of hydrogen-bond donors (Lipinski definition) is 0. The Morgan fingerprint density at radius 3 is 2.20 bits per heavy atom. The molecule has 1 heterocycles. The second-order valence-electron chi connectivity index (χ2n) is 5.86. The van der Waals surface area contributed by atoms with E-state index in [0.29, 0.717) is 18.7 Å². The number of ether oxygens (including phenoxy) is 1. The van der Waals surface area contributed by atoms with Crippen LogP contribution in [0.4, 0.5) is 26.3 Å². The van der Waals surface area contributed by atoms with Gasteiger partial charge in [-0.05, 0) is 37.5 Å². The van der Waals surface area contributed by atoms with Crippen molar-refractivity contribution < 1.29 is 40.7 Å². The van der Waals surface area contributed by atoms with Gasteiger partial charge >= 0.3 is 18.7 Å². The van der Waals surface area contributed by atoms with Gasteiger partial charge in [-0.15, -0.1) is 13.2 Å². The van der Waals surface area contributed by atoms with E-state index in [1.54, 1.807) is 13.8 Å². The van der Waals surface area contributed by atoms with Gasteiger partial charge in [0.2, 0.25) is 0 Å². The molecule has 0 N–H and O–H groups in total. The van der Waals surface area contributed by atoms with Crippen LogP contribution in [0, 0.1) is 0 Å². The molecule has 0 amide bonds. The first-order chi connectivity index (χ1) is 13.9. The molecule has 0 radical (unpaired) electrons. The Kier molecular flexibility index (Phi) is 8.92. The first-order valence-electron chi connectivity index (χ1n) is 8.57. The highest BCUT2D eigenvalue weighted by Gasteiger charge is 2.34. The van der Waals surface area contributed by atoms with Gasteiger partial charge in [0.05, 0.1) is 16.4 Å². The summed E-state index contributed by atoms with van der Waals surface area (Å²) in [6.07, 6.45) is -10.3. The third kappa shape index (κ3) is 7.38. The number of carbonyl (C=O) groups excluding carboxylic acids is 2. The lowest BCUT2D eigenvalue weighted by Crippen LogP contribution is -2.18. The summed E-state index contributed by atoms with van der Waals surface area (Å²) in [7, 11) is 0. The molecule has 0 fully saturated rings. The van der Waals surface area contributed by atoms with Crippen molar-refractivity contribution in [3.05, 3.63) is 34.5 Å². The van der Waals surface area contributed by atoms with Gasteiger partial charge in [0.15, 0.2) is 0 Å². The molecule has 12 heteroatoms. The molecule has 0 aliphatic rings. The van der Waals surface area contributed by atoms with Gasteiger partial charge in [-0.25, -0.2) is 0 Å². The molecule has 1 aromatic heterocycles. The smallest absolute Gasteiger partial charge is 0.405 e. The normalized spacial score (nSPS) is 11.5. The molecule has 1 aromatic carbocycles. The zero-order valence-corrected chi connectivity index (χ0v) is 16.6. The topological polar surface area (TPSA) is 61.2 Å². The fraction of sp³-hybridized carbons (Fsp3) is 0.444. The quantitative estimate of drug-likeness (QED) is 0.529. The lowest BCUT2D eigenvalue weighted by atomic mass is 10.0. The Bertz CT molecular complexity index is 887. The summed E-state index contributed by atoms with van der Waals surface area (Å²) in [5.74, 6) is -0.610. The molecule has 0 saturated carbocycles. The molecule has 0 aliphatic carbocycles. The molecule has 166 valence electrons. The minimum absolute atomic E-state index is 0.0159. The zero-order valence-electron chi connectivity index (χ0n) is 15.8. The first kappa shape index (κ1) is 25.5. The lowest BCUT2D eigenvalue weighted by Gasteiger charge is -2.16. The molecule has 0 spiro atoms. The van der Waals surface area contributed by atoms with Crippen molar-refractivity contribution in [2.75, 3.05) is 0 Å². The molecule has 0 atom stereocenters. The summed E-state index contributed by atoms with van der Waals surface area (Å²) in [5.41, 5.74) is 0.831. The molecule has 5 nitrogen and oxygen atoms in total. The summed E-state index contributed by atoms with van der Waals surface area (Å²) in [6.45, 7) is 3.88. The average molecular weight is 459 g/mol. The van der Waals surface area contributed by atoms with Crippen molar-refractivity contribution in [1.82, 2.24) is 9.78 Å².